The van der Waals surface area contributed by atoms with Crippen LogP contribution in [0, 0.1) is 0 Å². The molecule has 4 rings (SSSR count). The summed E-state index contributed by atoms with van der Waals surface area (Å²) in [7, 11) is -0.502. The molecule has 1 aliphatic heterocycles. The van der Waals surface area contributed by atoms with Gasteiger partial charge in [0.1, 0.15) is 0 Å². The highest BCUT2D eigenvalue weighted by molar-refractivity contribution is 9.10. The van der Waals surface area contributed by atoms with Gasteiger partial charge in [0.05, 0.1) is 17.1 Å². The van der Waals surface area contributed by atoms with Crippen LogP contribution in [-0.2, 0) is 21.4 Å². The van der Waals surface area contributed by atoms with Crippen LogP contribution in [0.3, 0.4) is 0 Å². The van der Waals surface area contributed by atoms with Crippen molar-refractivity contribution < 1.29 is 13.2 Å². The van der Waals surface area contributed by atoms with Crippen molar-refractivity contribution in [3.8, 4) is 0 Å². The molecule has 1 aliphatic rings. The highest BCUT2D eigenvalue weighted by Gasteiger charge is 2.32. The number of carbonyl (C=O) groups is 1. The third-order valence-corrected chi connectivity index (χ3v) is 7.40. The van der Waals surface area contributed by atoms with E-state index in [4.69, 9.17) is 0 Å². The number of pyridine rings is 1. The number of hydrogen-bond donors (Lipinski definition) is 0. The molecular formula is C23H20BrN3O3S. The molecule has 0 fully saturated rings. The fourth-order valence-corrected chi connectivity index (χ4v) is 4.66. The Morgan fingerprint density at radius 1 is 1.03 bits per heavy atom. The van der Waals surface area contributed by atoms with Crippen LogP contribution >= 0.6 is 15.9 Å². The van der Waals surface area contributed by atoms with Crippen molar-refractivity contribution in [3.05, 3.63) is 88.2 Å². The van der Waals surface area contributed by atoms with Crippen molar-refractivity contribution in [3.63, 3.8) is 0 Å². The Morgan fingerprint density at radius 3 is 2.35 bits per heavy atom. The highest BCUT2D eigenvalue weighted by atomic mass is 79.9. The number of rotatable bonds is 5. The van der Waals surface area contributed by atoms with E-state index in [0.29, 0.717) is 12.1 Å². The molecule has 3 aromatic rings. The predicted molar refractivity (Wildman–Crippen MR) is 125 cm³/mol. The van der Waals surface area contributed by atoms with Gasteiger partial charge in [0.25, 0.3) is 5.91 Å². The number of hydrogen-bond acceptors (Lipinski definition) is 4. The van der Waals surface area contributed by atoms with Crippen LogP contribution in [0.25, 0.3) is 11.6 Å². The van der Waals surface area contributed by atoms with E-state index in [9.17, 15) is 13.2 Å². The average Bonchev–Trinajstić information content (AvgIpc) is 3.00. The molecule has 0 saturated heterocycles. The zero-order chi connectivity index (χ0) is 22.2. The lowest BCUT2D eigenvalue weighted by molar-refractivity contribution is -0.113. The second-order valence-corrected chi connectivity index (χ2v) is 10.4. The van der Waals surface area contributed by atoms with Crippen LogP contribution in [0.2, 0.25) is 0 Å². The normalized spacial score (nSPS) is 15.0. The maximum Gasteiger partial charge on any atom is 0.259 e. The van der Waals surface area contributed by atoms with Gasteiger partial charge in [-0.25, -0.2) is 12.7 Å². The van der Waals surface area contributed by atoms with Crippen LogP contribution in [0.4, 0.5) is 5.69 Å². The van der Waals surface area contributed by atoms with Crippen LogP contribution in [0.1, 0.15) is 16.7 Å². The van der Waals surface area contributed by atoms with E-state index in [1.165, 1.54) is 18.4 Å². The Labute approximate surface area is 190 Å². The molecule has 8 heteroatoms. The average molecular weight is 498 g/mol. The van der Waals surface area contributed by atoms with Gasteiger partial charge < -0.3 is 4.90 Å². The van der Waals surface area contributed by atoms with Gasteiger partial charge in [-0.1, -0.05) is 34.1 Å². The van der Waals surface area contributed by atoms with E-state index < -0.39 is 10.0 Å². The monoisotopic (exact) mass is 497 g/mol. The first-order chi connectivity index (χ1) is 14.8. The molecule has 0 bridgehead atoms. The van der Waals surface area contributed by atoms with Crippen LogP contribution in [0.15, 0.2) is 76.4 Å². The Morgan fingerprint density at radius 2 is 1.71 bits per heavy atom. The smallest absolute Gasteiger partial charge is 0.259 e. The molecule has 1 amide bonds. The predicted octanol–water partition coefficient (Wildman–Crippen LogP) is 4.18. The van der Waals surface area contributed by atoms with Crippen molar-refractivity contribution in [2.75, 3.05) is 19.0 Å². The van der Waals surface area contributed by atoms with Crippen molar-refractivity contribution in [2.24, 2.45) is 0 Å². The number of sulfonamides is 1. The van der Waals surface area contributed by atoms with E-state index >= 15 is 0 Å². The minimum atomic E-state index is -3.50. The topological polar surface area (TPSA) is 70.6 Å². The summed E-state index contributed by atoms with van der Waals surface area (Å²) in [6.07, 6.45) is 5.24. The molecule has 1 aromatic heterocycles. The highest BCUT2D eigenvalue weighted by Crippen LogP contribution is 2.40. The quantitative estimate of drug-likeness (QED) is 0.495. The summed E-state index contributed by atoms with van der Waals surface area (Å²) in [5.41, 5.74) is 4.01. The van der Waals surface area contributed by atoms with E-state index in [0.717, 1.165) is 26.9 Å². The van der Waals surface area contributed by atoms with E-state index in [2.05, 4.69) is 20.9 Å². The second kappa shape index (κ2) is 8.37. The molecule has 0 radical (unpaired) electrons. The van der Waals surface area contributed by atoms with Crippen molar-refractivity contribution >= 4 is 49.2 Å². The Balaban J connectivity index is 1.69. The number of aromatic nitrogens is 1. The second-order valence-electron chi connectivity index (χ2n) is 7.32. The molecule has 158 valence electrons. The van der Waals surface area contributed by atoms with Crippen LogP contribution in [0.5, 0.6) is 0 Å². The van der Waals surface area contributed by atoms with Crippen molar-refractivity contribution in [1.29, 1.82) is 0 Å². The molecule has 0 unspecified atom stereocenters. The number of nitrogens with zero attached hydrogens (tertiary/aromatic N) is 3. The third kappa shape index (κ3) is 4.19. The Bertz CT molecular complexity index is 1270. The Kier molecular flexibility index (Phi) is 5.79. The number of fused-ring (bicyclic) bond motifs is 1. The summed E-state index contributed by atoms with van der Waals surface area (Å²) < 4.78 is 26.7. The summed E-state index contributed by atoms with van der Waals surface area (Å²) in [5, 5.41) is 0. The first-order valence-electron chi connectivity index (χ1n) is 9.52. The number of amides is 1. The molecular weight excluding hydrogens is 478 g/mol. The number of benzene rings is 2. The molecule has 6 nitrogen and oxygen atoms in total. The number of halogens is 1. The summed E-state index contributed by atoms with van der Waals surface area (Å²) in [6.45, 7) is 0.332. The van der Waals surface area contributed by atoms with Crippen molar-refractivity contribution in [1.82, 2.24) is 9.29 Å². The van der Waals surface area contributed by atoms with E-state index in [1.807, 2.05) is 36.4 Å². The molecule has 0 atom stereocenters. The first kappa shape index (κ1) is 21.4. The lowest BCUT2D eigenvalue weighted by Crippen LogP contribution is -2.26. The van der Waals surface area contributed by atoms with Gasteiger partial charge in [0.15, 0.2) is 0 Å². The summed E-state index contributed by atoms with van der Waals surface area (Å²) in [6, 6.07) is 16.1. The lowest BCUT2D eigenvalue weighted by Gasteiger charge is -2.18. The minimum Gasteiger partial charge on any atom is -0.303 e. The van der Waals surface area contributed by atoms with Gasteiger partial charge in [0.2, 0.25) is 10.0 Å². The van der Waals surface area contributed by atoms with Crippen LogP contribution < -0.4 is 4.90 Å². The van der Waals surface area contributed by atoms with Gasteiger partial charge in [0, 0.05) is 42.1 Å². The maximum absolute atomic E-state index is 13.3. The van der Waals surface area contributed by atoms with Gasteiger partial charge in [-0.3, -0.25) is 9.78 Å². The molecule has 2 aromatic carbocycles. The van der Waals surface area contributed by atoms with E-state index in [1.54, 1.807) is 41.6 Å². The molecule has 0 spiro atoms. The largest absolute Gasteiger partial charge is 0.303 e. The molecule has 0 N–H and O–H groups in total. The molecule has 0 aliphatic carbocycles. The van der Waals surface area contributed by atoms with Gasteiger partial charge in [-0.15, -0.1) is 0 Å². The number of anilines is 1. The Hall–Kier alpha value is -2.81. The first-order valence-corrected chi connectivity index (χ1v) is 11.8. The SMILES string of the molecule is CN(C)S(=O)(=O)c1ccc(CN2C(=O)/C(=C\c3ccncc3)c3ccc(Br)cc32)cc1. The fourth-order valence-electron chi connectivity index (χ4n) is 3.41. The molecule has 0 saturated carbocycles. The minimum absolute atomic E-state index is 0.102. The number of carbonyl (C=O) groups excluding carboxylic acids is 1. The summed E-state index contributed by atoms with van der Waals surface area (Å²) in [4.78, 5) is 19.3. The van der Waals surface area contributed by atoms with Gasteiger partial charge >= 0.3 is 0 Å². The molecule has 31 heavy (non-hydrogen) atoms. The maximum atomic E-state index is 13.3. The van der Waals surface area contributed by atoms with E-state index in [-0.39, 0.29) is 10.8 Å². The van der Waals surface area contributed by atoms with Crippen LogP contribution in [-0.4, -0.2) is 37.7 Å². The zero-order valence-electron chi connectivity index (χ0n) is 17.0. The molecule has 2 heterocycles. The summed E-state index contributed by atoms with van der Waals surface area (Å²) in [5.74, 6) is -0.102. The summed E-state index contributed by atoms with van der Waals surface area (Å²) >= 11 is 3.49. The van der Waals surface area contributed by atoms with Gasteiger partial charge in [-0.05, 0) is 53.6 Å². The standard InChI is InChI=1S/C23H20BrN3O3S/c1-26(2)31(29,30)19-6-3-17(4-7-19)15-27-22-14-18(24)5-8-20(22)21(23(27)28)13-16-9-11-25-12-10-16/h3-14H,15H2,1-2H3/b21-13-. The van der Waals surface area contributed by atoms with Crippen molar-refractivity contribution in [2.45, 2.75) is 11.4 Å². The zero-order valence-corrected chi connectivity index (χ0v) is 19.4. The fraction of sp³-hybridized carbons (Fsp3) is 0.130. The van der Waals surface area contributed by atoms with Gasteiger partial charge in [-0.2, -0.15) is 0 Å². The third-order valence-electron chi connectivity index (χ3n) is 5.08. The lowest BCUT2D eigenvalue weighted by atomic mass is 10.0.